The Hall–Kier alpha value is -3.15. The van der Waals surface area contributed by atoms with Crippen molar-refractivity contribution in [3.63, 3.8) is 0 Å². The van der Waals surface area contributed by atoms with E-state index in [0.29, 0.717) is 26.7 Å². The van der Waals surface area contributed by atoms with Crippen LogP contribution in [0, 0.1) is 0 Å². The highest BCUT2D eigenvalue weighted by Crippen LogP contribution is 2.24. The number of nitrogens with one attached hydrogen (secondary N) is 1. The van der Waals surface area contributed by atoms with E-state index in [0.717, 1.165) is 0 Å². The van der Waals surface area contributed by atoms with Gasteiger partial charge < -0.3 is 10.1 Å². The standard InChI is InChI=1S/C23H17Cl2NO4/c24-18-10-6-16(7-11-18)22(21(28)15-4-2-1-3-5-15)30-20(27)14-26-23(29)17-8-12-19(25)13-9-17/h1-13,22H,14H2,(H,26,29)/t22-/m0/s1. The summed E-state index contributed by atoms with van der Waals surface area (Å²) in [5.41, 5.74) is 1.22. The third-order valence-corrected chi connectivity index (χ3v) is 4.72. The van der Waals surface area contributed by atoms with Crippen molar-refractivity contribution >= 4 is 40.9 Å². The first-order valence-corrected chi connectivity index (χ1v) is 9.77. The van der Waals surface area contributed by atoms with Crippen LogP contribution in [0.3, 0.4) is 0 Å². The van der Waals surface area contributed by atoms with Gasteiger partial charge in [0.2, 0.25) is 5.78 Å². The van der Waals surface area contributed by atoms with Crippen molar-refractivity contribution in [3.8, 4) is 0 Å². The molecule has 1 N–H and O–H groups in total. The number of ether oxygens (including phenoxy) is 1. The lowest BCUT2D eigenvalue weighted by atomic mass is 10.00. The van der Waals surface area contributed by atoms with Gasteiger partial charge >= 0.3 is 5.97 Å². The molecular formula is C23H17Cl2NO4. The van der Waals surface area contributed by atoms with E-state index in [9.17, 15) is 14.4 Å². The number of carbonyl (C=O) groups excluding carboxylic acids is 3. The van der Waals surface area contributed by atoms with Crippen LogP contribution in [0.1, 0.15) is 32.4 Å². The molecule has 0 spiro atoms. The van der Waals surface area contributed by atoms with E-state index in [1.807, 2.05) is 0 Å². The second-order valence-corrected chi connectivity index (χ2v) is 7.21. The van der Waals surface area contributed by atoms with Crippen LogP contribution in [0.2, 0.25) is 10.0 Å². The third-order valence-electron chi connectivity index (χ3n) is 4.22. The van der Waals surface area contributed by atoms with Gasteiger partial charge in [-0.05, 0) is 36.4 Å². The van der Waals surface area contributed by atoms with Gasteiger partial charge in [0, 0.05) is 26.7 Å². The molecule has 0 unspecified atom stereocenters. The first-order valence-electron chi connectivity index (χ1n) is 9.02. The van der Waals surface area contributed by atoms with E-state index in [1.165, 1.54) is 0 Å². The molecular weight excluding hydrogens is 425 g/mol. The summed E-state index contributed by atoms with van der Waals surface area (Å²) in [6.07, 6.45) is -1.16. The van der Waals surface area contributed by atoms with E-state index in [2.05, 4.69) is 5.32 Å². The fourth-order valence-corrected chi connectivity index (χ4v) is 2.95. The van der Waals surface area contributed by atoms with Crippen molar-refractivity contribution in [1.82, 2.24) is 5.32 Å². The van der Waals surface area contributed by atoms with Crippen molar-refractivity contribution in [2.75, 3.05) is 6.54 Å². The largest absolute Gasteiger partial charge is 0.448 e. The van der Waals surface area contributed by atoms with Crippen LogP contribution in [-0.2, 0) is 9.53 Å². The highest BCUT2D eigenvalue weighted by atomic mass is 35.5. The predicted molar refractivity (Wildman–Crippen MR) is 115 cm³/mol. The quantitative estimate of drug-likeness (QED) is 0.418. The summed E-state index contributed by atoms with van der Waals surface area (Å²) in [4.78, 5) is 37.5. The zero-order chi connectivity index (χ0) is 21.5. The number of benzene rings is 3. The molecule has 0 aliphatic rings. The SMILES string of the molecule is O=C(CNC(=O)c1ccc(Cl)cc1)O[C@H](C(=O)c1ccccc1)c1ccc(Cl)cc1. The Morgan fingerprint density at radius 3 is 1.93 bits per heavy atom. The Kier molecular flexibility index (Phi) is 7.22. The van der Waals surface area contributed by atoms with Crippen molar-refractivity contribution in [2.45, 2.75) is 6.10 Å². The number of halogens is 2. The maximum Gasteiger partial charge on any atom is 0.326 e. The minimum Gasteiger partial charge on any atom is -0.448 e. The molecule has 152 valence electrons. The first-order chi connectivity index (χ1) is 14.4. The molecule has 0 aromatic heterocycles. The number of carbonyl (C=O) groups is 3. The molecule has 0 saturated carbocycles. The topological polar surface area (TPSA) is 72.5 Å². The molecule has 3 aromatic rings. The van der Waals surface area contributed by atoms with Crippen LogP contribution in [0.4, 0.5) is 0 Å². The van der Waals surface area contributed by atoms with Crippen LogP contribution in [-0.4, -0.2) is 24.2 Å². The number of esters is 1. The highest BCUT2D eigenvalue weighted by Gasteiger charge is 2.26. The molecule has 0 fully saturated rings. The number of ketones is 1. The number of hydrogen-bond donors (Lipinski definition) is 1. The van der Waals surface area contributed by atoms with Crippen LogP contribution < -0.4 is 5.32 Å². The Morgan fingerprint density at radius 2 is 1.33 bits per heavy atom. The summed E-state index contributed by atoms with van der Waals surface area (Å²) in [6.45, 7) is -0.395. The first kappa shape index (κ1) is 21.6. The lowest BCUT2D eigenvalue weighted by Crippen LogP contribution is -2.32. The number of hydrogen-bond acceptors (Lipinski definition) is 4. The number of rotatable bonds is 7. The minimum absolute atomic E-state index is 0.349. The molecule has 7 heteroatoms. The summed E-state index contributed by atoms with van der Waals surface area (Å²) in [5.74, 6) is -1.59. The van der Waals surface area contributed by atoms with Gasteiger partial charge in [0.1, 0.15) is 6.54 Å². The van der Waals surface area contributed by atoms with Crippen LogP contribution in [0.15, 0.2) is 78.9 Å². The second kappa shape index (κ2) is 10.1. The molecule has 3 rings (SSSR count). The fraction of sp³-hybridized carbons (Fsp3) is 0.0870. The van der Waals surface area contributed by atoms with E-state index in [-0.39, 0.29) is 5.78 Å². The smallest absolute Gasteiger partial charge is 0.326 e. The van der Waals surface area contributed by atoms with Gasteiger partial charge in [-0.25, -0.2) is 0 Å². The van der Waals surface area contributed by atoms with E-state index in [4.69, 9.17) is 27.9 Å². The molecule has 1 amide bonds. The van der Waals surface area contributed by atoms with Crippen molar-refractivity contribution in [2.24, 2.45) is 0 Å². The molecule has 0 saturated heterocycles. The molecule has 0 radical (unpaired) electrons. The maximum absolute atomic E-state index is 12.9. The second-order valence-electron chi connectivity index (χ2n) is 6.34. The zero-order valence-corrected chi connectivity index (χ0v) is 17.2. The Morgan fingerprint density at radius 1 is 0.767 bits per heavy atom. The van der Waals surface area contributed by atoms with Gasteiger partial charge in [0.15, 0.2) is 6.10 Å². The minimum atomic E-state index is -1.16. The van der Waals surface area contributed by atoms with Crippen LogP contribution >= 0.6 is 23.2 Å². The number of Topliss-reactive ketones (excluding diaryl/α,β-unsaturated/α-hetero) is 1. The van der Waals surface area contributed by atoms with E-state index < -0.39 is 24.5 Å². The van der Waals surface area contributed by atoms with Crippen LogP contribution in [0.25, 0.3) is 0 Å². The lowest BCUT2D eigenvalue weighted by Gasteiger charge is -2.18. The van der Waals surface area contributed by atoms with Crippen molar-refractivity contribution in [3.05, 3.63) is 106 Å². The predicted octanol–water partition coefficient (Wildman–Crippen LogP) is 4.89. The number of amides is 1. The third kappa shape index (κ3) is 5.69. The molecule has 30 heavy (non-hydrogen) atoms. The van der Waals surface area contributed by atoms with Crippen molar-refractivity contribution in [1.29, 1.82) is 0 Å². The van der Waals surface area contributed by atoms with Gasteiger partial charge in [-0.15, -0.1) is 0 Å². The Balaban J connectivity index is 1.71. The van der Waals surface area contributed by atoms with Gasteiger partial charge in [0.25, 0.3) is 5.91 Å². The van der Waals surface area contributed by atoms with Crippen molar-refractivity contribution < 1.29 is 19.1 Å². The lowest BCUT2D eigenvalue weighted by molar-refractivity contribution is -0.146. The van der Waals surface area contributed by atoms with Gasteiger partial charge in [0.05, 0.1) is 0 Å². The fourth-order valence-electron chi connectivity index (χ4n) is 2.69. The highest BCUT2D eigenvalue weighted by molar-refractivity contribution is 6.30. The molecule has 0 aliphatic heterocycles. The summed E-state index contributed by atoms with van der Waals surface area (Å²) in [5, 5.41) is 3.46. The van der Waals surface area contributed by atoms with Gasteiger partial charge in [-0.3, -0.25) is 14.4 Å². The molecule has 3 aromatic carbocycles. The van der Waals surface area contributed by atoms with Gasteiger partial charge in [-0.2, -0.15) is 0 Å². The molecule has 0 aliphatic carbocycles. The normalized spacial score (nSPS) is 11.4. The Labute approximate surface area is 183 Å². The maximum atomic E-state index is 12.9. The average Bonchev–Trinajstić information content (AvgIpc) is 2.77. The summed E-state index contributed by atoms with van der Waals surface area (Å²) in [7, 11) is 0. The molecule has 5 nitrogen and oxygen atoms in total. The summed E-state index contributed by atoms with van der Waals surface area (Å²) < 4.78 is 5.43. The van der Waals surface area contributed by atoms with E-state index >= 15 is 0 Å². The zero-order valence-electron chi connectivity index (χ0n) is 15.7. The summed E-state index contributed by atoms with van der Waals surface area (Å²) >= 11 is 11.7. The Bertz CT molecular complexity index is 1040. The average molecular weight is 442 g/mol. The summed E-state index contributed by atoms with van der Waals surface area (Å²) in [6, 6.07) is 21.2. The van der Waals surface area contributed by atoms with E-state index in [1.54, 1.807) is 78.9 Å². The monoisotopic (exact) mass is 441 g/mol. The van der Waals surface area contributed by atoms with Gasteiger partial charge in [-0.1, -0.05) is 65.7 Å². The molecule has 1 atom stereocenters. The van der Waals surface area contributed by atoms with Crippen LogP contribution in [0.5, 0.6) is 0 Å². The molecule has 0 bridgehead atoms. The molecule has 0 heterocycles.